The summed E-state index contributed by atoms with van der Waals surface area (Å²) in [6.45, 7) is 37.1. The van der Waals surface area contributed by atoms with Gasteiger partial charge in [0.15, 0.2) is 0 Å². The quantitative estimate of drug-likeness (QED) is 0.0414. The molecule has 0 radical (unpaired) electrons. The molecule has 34 nitrogen and oxygen atoms in total. The van der Waals surface area contributed by atoms with Gasteiger partial charge in [0, 0.05) is 65.2 Å². The van der Waals surface area contributed by atoms with E-state index in [1.54, 1.807) is 20.8 Å². The highest BCUT2D eigenvalue weighted by molar-refractivity contribution is 6.02. The predicted octanol–water partition coefficient (Wildman–Crippen LogP) is 1.26. The Labute approximate surface area is 680 Å². The van der Waals surface area contributed by atoms with Crippen LogP contribution in [-0.4, -0.2) is 266 Å². The molecule has 5 aliphatic heterocycles. The van der Waals surface area contributed by atoms with Crippen molar-refractivity contribution in [2.24, 2.45) is 17.8 Å². The first-order chi connectivity index (χ1) is 53.3. The number of nitrogens with one attached hydrogen (secondary N) is 13. The van der Waals surface area contributed by atoms with Crippen molar-refractivity contribution in [3.63, 3.8) is 0 Å². The van der Waals surface area contributed by atoms with Crippen molar-refractivity contribution >= 4 is 94.5 Å². The van der Waals surface area contributed by atoms with Gasteiger partial charge in [-0.3, -0.25) is 86.5 Å². The van der Waals surface area contributed by atoms with E-state index in [0.29, 0.717) is 57.3 Å². The molecule has 16 amide bonds. The molecular formula is C81H140N18O16. The normalized spacial score (nSPS) is 20.0. The zero-order valence-corrected chi connectivity index (χ0v) is 72.6. The van der Waals surface area contributed by atoms with E-state index in [2.05, 4.69) is 92.8 Å². The van der Waals surface area contributed by atoms with Gasteiger partial charge >= 0.3 is 0 Å². The number of piperidine rings is 3. The largest absolute Gasteiger partial charge is 0.354 e. The summed E-state index contributed by atoms with van der Waals surface area (Å²) in [5.41, 5.74) is -11.0. The zero-order chi connectivity index (χ0) is 86.7. The fourth-order valence-corrected chi connectivity index (χ4v) is 15.4. The highest BCUT2D eigenvalue weighted by Crippen LogP contribution is 2.29. The molecule has 5 heterocycles. The van der Waals surface area contributed by atoms with E-state index in [1.165, 1.54) is 90.9 Å². The van der Waals surface area contributed by atoms with E-state index < -0.39 is 165 Å². The summed E-state index contributed by atoms with van der Waals surface area (Å²) in [6.07, 6.45) is 9.45. The topological polar surface area (TPSA) is 446 Å². The minimum atomic E-state index is -1.67. The Hall–Kier alpha value is -8.56. The summed E-state index contributed by atoms with van der Waals surface area (Å²) in [5, 5.41) is 35.5. The lowest BCUT2D eigenvalue weighted by molar-refractivity contribution is -0.150. The van der Waals surface area contributed by atoms with Crippen LogP contribution in [0.3, 0.4) is 0 Å². The number of carbonyl (C=O) groups excluding carboxylic acids is 16. The number of fused-ring (bicyclic) bond motifs is 1. The summed E-state index contributed by atoms with van der Waals surface area (Å²) in [4.78, 5) is 230. The fraction of sp³-hybridized carbons (Fsp3) is 0.802. The van der Waals surface area contributed by atoms with Crippen LogP contribution in [0.15, 0.2) is 0 Å². The number of amides is 16. The number of carbonyl (C=O) groups is 16. The van der Waals surface area contributed by atoms with Crippen molar-refractivity contribution in [1.82, 2.24) is 93.6 Å². The molecule has 8 atom stereocenters. The second-order valence-corrected chi connectivity index (χ2v) is 36.8. The summed E-state index contributed by atoms with van der Waals surface area (Å²) in [7, 11) is 0. The minimum absolute atomic E-state index is 0.0578. The Morgan fingerprint density at radius 2 is 0.809 bits per heavy atom. The molecule has 0 saturated carbocycles. The molecule has 0 aromatic rings. The van der Waals surface area contributed by atoms with Gasteiger partial charge in [-0.1, -0.05) is 48.5 Å². The van der Waals surface area contributed by atoms with Crippen LogP contribution in [0, 0.1) is 17.8 Å². The van der Waals surface area contributed by atoms with Gasteiger partial charge in [0.1, 0.15) is 69.0 Å². The summed E-state index contributed by atoms with van der Waals surface area (Å²) >= 11 is 0. The lowest BCUT2D eigenvalue weighted by Crippen LogP contribution is -2.67. The summed E-state index contributed by atoms with van der Waals surface area (Å²) in [6, 6.07) is -5.17. The number of hydrogen-bond acceptors (Lipinski definition) is 18. The van der Waals surface area contributed by atoms with Crippen molar-refractivity contribution in [3.8, 4) is 0 Å². The van der Waals surface area contributed by atoms with Crippen LogP contribution in [0.4, 0.5) is 0 Å². The standard InChI is InChI=1S/C81H140N18O16/c1-22-81(21,72(113)85-53(43-49(2)3)48-96-39-30-38-95-37-29-34-62(95)96)92-64(105)55(45-51(6)7)86-60(102)46-84-68(109)75(9,10)89-66(107)57-32-25-28-42-99(57)74(115)80(19,20)94-70(111)77(13,14)88-61(103)47-83-59(101)35-36-82-63(104)54(44-50(4)5)87-69(110)76(11,12)93-71(112)78(15,16)90-67(108)58-33-24-27-41-98(58)73(114)79(17,18)91-65(106)56-31-23-26-40-97(56)52(8)100/h49-51,53-58,62H,22-48H2,1-21H3,(H,82,104)(H,83,101)(H,84,109)(H,85,113)(H,86,102)(H,87,110)(H,88,103)(H,89,107)(H,90,108)(H,91,106)(H,92,105)(H,93,112)(H,94,111). The average Bonchev–Trinajstić information content (AvgIpc) is 1.26. The Balaban J connectivity index is 1.07. The molecule has 115 heavy (non-hydrogen) atoms. The molecule has 0 aromatic carbocycles. The van der Waals surface area contributed by atoms with E-state index in [0.717, 1.165) is 58.2 Å². The smallest absolute Gasteiger partial charge is 0.248 e. The maximum Gasteiger partial charge on any atom is 0.248 e. The summed E-state index contributed by atoms with van der Waals surface area (Å²) in [5.74, 6) is -9.71. The van der Waals surface area contributed by atoms with Gasteiger partial charge in [-0.25, -0.2) is 0 Å². The Kier molecular flexibility index (Phi) is 35.0. The SMILES string of the molecule is CCC(C)(NC(=O)C(CC(C)C)NC(=O)CNC(=O)C(C)(C)NC(=O)C1CCCCN1C(=O)C(C)(C)NC(=O)C(C)(C)NC(=O)CNC(=O)CCNC(=O)C(CC(C)C)NC(=O)C(C)(C)NC(=O)C(C)(C)NC(=O)C1CCCCN1C(=O)C(C)(C)NC(=O)C1CCCCN1C(C)=O)C(=O)NC(CC(C)C)CN1CCCN2CCCC21. The van der Waals surface area contributed by atoms with Crippen LogP contribution >= 0.6 is 0 Å². The predicted molar refractivity (Wildman–Crippen MR) is 432 cm³/mol. The van der Waals surface area contributed by atoms with Crippen molar-refractivity contribution in [2.75, 3.05) is 65.4 Å². The molecular weight excluding hydrogens is 1480 g/mol. The minimum Gasteiger partial charge on any atom is -0.354 e. The van der Waals surface area contributed by atoms with Crippen molar-refractivity contribution in [2.45, 2.75) is 336 Å². The van der Waals surface area contributed by atoms with E-state index in [4.69, 9.17) is 0 Å². The van der Waals surface area contributed by atoms with Gasteiger partial charge in [-0.15, -0.1) is 0 Å². The molecule has 13 N–H and O–H groups in total. The number of hydrogen-bond donors (Lipinski definition) is 13. The molecule has 5 aliphatic rings. The second-order valence-electron chi connectivity index (χ2n) is 36.8. The number of rotatable bonds is 38. The Morgan fingerprint density at radius 1 is 0.374 bits per heavy atom. The van der Waals surface area contributed by atoms with Crippen LogP contribution in [-0.2, 0) is 76.7 Å². The molecule has 5 rings (SSSR count). The van der Waals surface area contributed by atoms with E-state index in [9.17, 15) is 76.7 Å². The number of likely N-dealkylation sites (tertiary alicyclic amines) is 3. The van der Waals surface area contributed by atoms with Gasteiger partial charge in [0.25, 0.3) is 0 Å². The number of nitrogens with zero attached hydrogens (tertiary/aromatic N) is 5. The van der Waals surface area contributed by atoms with Gasteiger partial charge in [0.2, 0.25) is 94.5 Å². The lowest BCUT2D eigenvalue weighted by atomic mass is 9.93. The first-order valence-electron chi connectivity index (χ1n) is 41.6. The molecule has 0 bridgehead atoms. The molecule has 8 unspecified atom stereocenters. The molecule has 5 saturated heterocycles. The van der Waals surface area contributed by atoms with Crippen LogP contribution in [0.1, 0.15) is 255 Å². The fourth-order valence-electron chi connectivity index (χ4n) is 15.4. The van der Waals surface area contributed by atoms with E-state index in [-0.39, 0.29) is 87.9 Å². The van der Waals surface area contributed by atoms with E-state index in [1.807, 2.05) is 34.6 Å². The molecule has 650 valence electrons. The van der Waals surface area contributed by atoms with Gasteiger partial charge in [-0.05, 0) is 217 Å². The Morgan fingerprint density at radius 3 is 1.31 bits per heavy atom. The van der Waals surface area contributed by atoms with E-state index >= 15 is 0 Å². The van der Waals surface area contributed by atoms with Crippen LogP contribution in [0.25, 0.3) is 0 Å². The maximum absolute atomic E-state index is 14.4. The monoisotopic (exact) mass is 1620 g/mol. The van der Waals surface area contributed by atoms with Crippen LogP contribution in [0.5, 0.6) is 0 Å². The van der Waals surface area contributed by atoms with Crippen molar-refractivity contribution in [3.05, 3.63) is 0 Å². The average molecular weight is 1620 g/mol. The van der Waals surface area contributed by atoms with Crippen molar-refractivity contribution < 1.29 is 76.7 Å². The third-order valence-electron chi connectivity index (χ3n) is 22.3. The third-order valence-corrected chi connectivity index (χ3v) is 22.3. The van der Waals surface area contributed by atoms with Gasteiger partial charge in [-0.2, -0.15) is 0 Å². The van der Waals surface area contributed by atoms with Gasteiger partial charge in [0.05, 0.1) is 19.3 Å². The molecule has 0 aliphatic carbocycles. The lowest BCUT2D eigenvalue weighted by Gasteiger charge is -2.42. The highest BCUT2D eigenvalue weighted by atomic mass is 16.2. The second kappa shape index (κ2) is 41.5. The molecule has 0 spiro atoms. The third kappa shape index (κ3) is 28.1. The van der Waals surface area contributed by atoms with Gasteiger partial charge < -0.3 is 83.8 Å². The molecule has 5 fully saturated rings. The molecule has 0 aromatic heterocycles. The zero-order valence-electron chi connectivity index (χ0n) is 72.6. The Bertz CT molecular complexity index is 3520. The molecule has 34 heteroatoms. The van der Waals surface area contributed by atoms with Crippen LogP contribution in [0.2, 0.25) is 0 Å². The first-order valence-corrected chi connectivity index (χ1v) is 41.6. The summed E-state index contributed by atoms with van der Waals surface area (Å²) < 4.78 is 0. The first kappa shape index (κ1) is 97.0. The van der Waals surface area contributed by atoms with Crippen molar-refractivity contribution in [1.29, 1.82) is 0 Å². The highest BCUT2D eigenvalue weighted by Gasteiger charge is 2.48. The van der Waals surface area contributed by atoms with Crippen LogP contribution < -0.4 is 69.1 Å². The maximum atomic E-state index is 14.4.